The van der Waals surface area contributed by atoms with Gasteiger partial charge in [0.25, 0.3) is 0 Å². The molecule has 0 radical (unpaired) electrons. The van der Waals surface area contributed by atoms with Crippen molar-refractivity contribution in [2.75, 3.05) is 0 Å². The number of rotatable bonds is 4. The standard InChI is InChI=1S/C12H14N4O/c13-11(9-4-2-1-3-5-9)12(17)16-8-10-14-6-7-15-10/h1-7,11H,8,13H2,(H,14,15)(H,16,17)/t11-/m1/s1. The van der Waals surface area contributed by atoms with Crippen molar-refractivity contribution in [1.82, 2.24) is 15.3 Å². The second-order valence-electron chi connectivity index (χ2n) is 3.64. The number of nitrogens with one attached hydrogen (secondary N) is 2. The van der Waals surface area contributed by atoms with Gasteiger partial charge in [-0.3, -0.25) is 4.79 Å². The fraction of sp³-hybridized carbons (Fsp3) is 0.167. The van der Waals surface area contributed by atoms with Crippen LogP contribution in [0, 0.1) is 0 Å². The number of carbonyl (C=O) groups excluding carboxylic acids is 1. The van der Waals surface area contributed by atoms with Crippen LogP contribution >= 0.6 is 0 Å². The van der Waals surface area contributed by atoms with Gasteiger partial charge in [-0.1, -0.05) is 30.3 Å². The fourth-order valence-corrected chi connectivity index (χ4v) is 1.49. The van der Waals surface area contributed by atoms with Crippen molar-refractivity contribution in [2.24, 2.45) is 5.73 Å². The lowest BCUT2D eigenvalue weighted by Gasteiger charge is -2.11. The van der Waals surface area contributed by atoms with Crippen LogP contribution in [0.15, 0.2) is 42.7 Å². The number of imidazole rings is 1. The number of aromatic amines is 1. The van der Waals surface area contributed by atoms with E-state index in [1.54, 1.807) is 12.4 Å². The quantitative estimate of drug-likeness (QED) is 0.723. The first kappa shape index (κ1) is 11.3. The molecule has 5 nitrogen and oxygen atoms in total. The summed E-state index contributed by atoms with van der Waals surface area (Å²) in [5.41, 5.74) is 6.63. The zero-order valence-corrected chi connectivity index (χ0v) is 9.26. The van der Waals surface area contributed by atoms with Crippen molar-refractivity contribution in [3.8, 4) is 0 Å². The molecule has 1 atom stereocenters. The first-order valence-electron chi connectivity index (χ1n) is 5.34. The molecule has 1 aromatic carbocycles. The van der Waals surface area contributed by atoms with Crippen LogP contribution in [0.4, 0.5) is 0 Å². The van der Waals surface area contributed by atoms with E-state index in [9.17, 15) is 4.79 Å². The lowest BCUT2D eigenvalue weighted by molar-refractivity contribution is -0.122. The minimum Gasteiger partial charge on any atom is -0.347 e. The molecule has 0 saturated heterocycles. The van der Waals surface area contributed by atoms with Crippen LogP contribution in [0.3, 0.4) is 0 Å². The monoisotopic (exact) mass is 230 g/mol. The minimum atomic E-state index is -0.647. The summed E-state index contributed by atoms with van der Waals surface area (Å²) in [7, 11) is 0. The van der Waals surface area contributed by atoms with Gasteiger partial charge in [0.15, 0.2) is 0 Å². The molecule has 5 heteroatoms. The normalized spacial score (nSPS) is 12.1. The largest absolute Gasteiger partial charge is 0.347 e. The Hall–Kier alpha value is -2.14. The molecule has 17 heavy (non-hydrogen) atoms. The molecular weight excluding hydrogens is 216 g/mol. The van der Waals surface area contributed by atoms with E-state index in [0.29, 0.717) is 12.4 Å². The Bertz CT molecular complexity index is 467. The average Bonchev–Trinajstić information content (AvgIpc) is 2.89. The molecule has 0 aliphatic rings. The van der Waals surface area contributed by atoms with E-state index >= 15 is 0 Å². The third-order valence-corrected chi connectivity index (χ3v) is 2.43. The molecule has 0 saturated carbocycles. The van der Waals surface area contributed by atoms with Gasteiger partial charge in [0.2, 0.25) is 5.91 Å². The number of benzene rings is 1. The molecule has 2 aromatic rings. The van der Waals surface area contributed by atoms with Crippen molar-refractivity contribution >= 4 is 5.91 Å². The van der Waals surface area contributed by atoms with Crippen molar-refractivity contribution in [3.05, 3.63) is 54.1 Å². The molecule has 0 fully saturated rings. The van der Waals surface area contributed by atoms with E-state index in [1.807, 2.05) is 30.3 Å². The summed E-state index contributed by atoms with van der Waals surface area (Å²) in [6.07, 6.45) is 3.34. The van der Waals surface area contributed by atoms with Crippen LogP contribution in [0.2, 0.25) is 0 Å². The molecule has 88 valence electrons. The van der Waals surface area contributed by atoms with E-state index < -0.39 is 6.04 Å². The minimum absolute atomic E-state index is 0.215. The highest BCUT2D eigenvalue weighted by molar-refractivity contribution is 5.82. The van der Waals surface area contributed by atoms with Crippen LogP contribution in [-0.2, 0) is 11.3 Å². The maximum Gasteiger partial charge on any atom is 0.241 e. The van der Waals surface area contributed by atoms with E-state index in [1.165, 1.54) is 0 Å². The number of hydrogen-bond acceptors (Lipinski definition) is 3. The molecule has 4 N–H and O–H groups in total. The van der Waals surface area contributed by atoms with Gasteiger partial charge in [0, 0.05) is 12.4 Å². The first-order valence-corrected chi connectivity index (χ1v) is 5.34. The van der Waals surface area contributed by atoms with Gasteiger partial charge in [-0.05, 0) is 5.56 Å². The molecule has 0 bridgehead atoms. The van der Waals surface area contributed by atoms with Crippen LogP contribution in [0.5, 0.6) is 0 Å². The molecule has 1 amide bonds. The molecule has 1 aromatic heterocycles. The smallest absolute Gasteiger partial charge is 0.241 e. The Balaban J connectivity index is 1.92. The average molecular weight is 230 g/mol. The fourth-order valence-electron chi connectivity index (χ4n) is 1.49. The van der Waals surface area contributed by atoms with Gasteiger partial charge >= 0.3 is 0 Å². The Morgan fingerprint density at radius 3 is 2.82 bits per heavy atom. The van der Waals surface area contributed by atoms with Gasteiger partial charge in [-0.2, -0.15) is 0 Å². The van der Waals surface area contributed by atoms with Crippen molar-refractivity contribution in [3.63, 3.8) is 0 Å². The second kappa shape index (κ2) is 5.27. The molecule has 0 unspecified atom stereocenters. The molecule has 0 aliphatic heterocycles. The highest BCUT2D eigenvalue weighted by atomic mass is 16.2. The first-order chi connectivity index (χ1) is 8.27. The van der Waals surface area contributed by atoms with Gasteiger partial charge in [-0.25, -0.2) is 4.98 Å². The topological polar surface area (TPSA) is 83.8 Å². The zero-order valence-electron chi connectivity index (χ0n) is 9.26. The molecule has 0 spiro atoms. The molecule has 0 aliphatic carbocycles. The third kappa shape index (κ3) is 2.92. The van der Waals surface area contributed by atoms with Gasteiger partial charge in [-0.15, -0.1) is 0 Å². The highest BCUT2D eigenvalue weighted by Crippen LogP contribution is 2.09. The van der Waals surface area contributed by atoms with Crippen LogP contribution in [0.1, 0.15) is 17.4 Å². The van der Waals surface area contributed by atoms with Gasteiger partial charge < -0.3 is 16.0 Å². The van der Waals surface area contributed by atoms with Crippen LogP contribution in [-0.4, -0.2) is 15.9 Å². The number of H-pyrrole nitrogens is 1. The summed E-state index contributed by atoms with van der Waals surface area (Å²) >= 11 is 0. The van der Waals surface area contributed by atoms with E-state index in [0.717, 1.165) is 5.56 Å². The lowest BCUT2D eigenvalue weighted by atomic mass is 10.1. The maximum absolute atomic E-state index is 11.8. The Kier molecular flexibility index (Phi) is 3.52. The highest BCUT2D eigenvalue weighted by Gasteiger charge is 2.14. The predicted molar refractivity (Wildman–Crippen MR) is 63.8 cm³/mol. The Morgan fingerprint density at radius 2 is 2.18 bits per heavy atom. The summed E-state index contributed by atoms with van der Waals surface area (Å²) in [5.74, 6) is 0.492. The van der Waals surface area contributed by atoms with E-state index in [2.05, 4.69) is 15.3 Å². The summed E-state index contributed by atoms with van der Waals surface area (Å²) < 4.78 is 0. The van der Waals surface area contributed by atoms with Crippen molar-refractivity contribution in [1.29, 1.82) is 0 Å². The van der Waals surface area contributed by atoms with Gasteiger partial charge in [0.05, 0.1) is 6.54 Å². The maximum atomic E-state index is 11.8. The Labute approximate surface area is 99.1 Å². The predicted octanol–water partition coefficient (Wildman–Crippen LogP) is 0.726. The van der Waals surface area contributed by atoms with E-state index in [4.69, 9.17) is 5.73 Å². The number of carbonyl (C=O) groups is 1. The molecule has 1 heterocycles. The van der Waals surface area contributed by atoms with Crippen LogP contribution < -0.4 is 11.1 Å². The number of aromatic nitrogens is 2. The number of hydrogen-bond donors (Lipinski definition) is 3. The zero-order chi connectivity index (χ0) is 12.1. The van der Waals surface area contributed by atoms with Crippen molar-refractivity contribution in [2.45, 2.75) is 12.6 Å². The number of amides is 1. The summed E-state index contributed by atoms with van der Waals surface area (Å²) in [4.78, 5) is 18.7. The molecular formula is C12H14N4O. The third-order valence-electron chi connectivity index (χ3n) is 2.43. The lowest BCUT2D eigenvalue weighted by Crippen LogP contribution is -2.33. The SMILES string of the molecule is N[C@@H](C(=O)NCc1ncc[nH]1)c1ccccc1. The van der Waals surface area contributed by atoms with Crippen molar-refractivity contribution < 1.29 is 4.79 Å². The summed E-state index contributed by atoms with van der Waals surface area (Å²) in [5, 5.41) is 2.73. The second-order valence-corrected chi connectivity index (χ2v) is 3.64. The van der Waals surface area contributed by atoms with Gasteiger partial charge in [0.1, 0.15) is 11.9 Å². The number of nitrogens with two attached hydrogens (primary N) is 1. The summed E-state index contributed by atoms with van der Waals surface area (Å²) in [6.45, 7) is 0.354. The van der Waals surface area contributed by atoms with Crippen LogP contribution in [0.25, 0.3) is 0 Å². The van der Waals surface area contributed by atoms with E-state index in [-0.39, 0.29) is 5.91 Å². The number of nitrogens with zero attached hydrogens (tertiary/aromatic N) is 1. The summed E-state index contributed by atoms with van der Waals surface area (Å²) in [6, 6.07) is 8.61. The molecule has 2 rings (SSSR count). The Morgan fingerprint density at radius 1 is 1.41 bits per heavy atom.